The lowest BCUT2D eigenvalue weighted by Crippen LogP contribution is -2.45. The van der Waals surface area contributed by atoms with Crippen LogP contribution in [0, 0.1) is 25.2 Å². The molecule has 2 aliphatic rings. The van der Waals surface area contributed by atoms with Crippen LogP contribution in [-0.4, -0.2) is 33.5 Å². The number of anilines is 1. The number of nitrogens with zero attached hydrogens (tertiary/aromatic N) is 4. The summed E-state index contributed by atoms with van der Waals surface area (Å²) in [6.07, 6.45) is 3.48. The second-order valence-corrected chi connectivity index (χ2v) is 5.64. The molecule has 2 fully saturated rings. The lowest BCUT2D eigenvalue weighted by atomic mass is 9.98. The third-order valence-corrected chi connectivity index (χ3v) is 4.50. The van der Waals surface area contributed by atoms with Crippen molar-refractivity contribution in [3.63, 3.8) is 0 Å². The first-order valence-electron chi connectivity index (χ1n) is 6.82. The quantitative estimate of drug-likeness (QED) is 0.825. The molecule has 3 rings (SSSR count). The van der Waals surface area contributed by atoms with E-state index in [9.17, 15) is 10.4 Å². The van der Waals surface area contributed by atoms with Gasteiger partial charge in [0, 0.05) is 12.1 Å². The Balaban J connectivity index is 2.05. The summed E-state index contributed by atoms with van der Waals surface area (Å²) in [5.41, 5.74) is 2.36. The highest BCUT2D eigenvalue weighted by molar-refractivity contribution is 5.59. The van der Waals surface area contributed by atoms with Gasteiger partial charge in [0.15, 0.2) is 5.82 Å². The maximum atomic E-state index is 9.85. The summed E-state index contributed by atoms with van der Waals surface area (Å²) in [5, 5.41) is 27.7. The second kappa shape index (κ2) is 4.46. The zero-order valence-corrected chi connectivity index (χ0v) is 11.3. The number of aromatic nitrogens is 2. The van der Waals surface area contributed by atoms with Crippen LogP contribution >= 0.6 is 0 Å². The first-order chi connectivity index (χ1) is 9.11. The Bertz CT molecular complexity index is 537. The van der Waals surface area contributed by atoms with Crippen molar-refractivity contribution in [3.05, 3.63) is 16.8 Å². The Labute approximate surface area is 112 Å². The number of fused-ring (bicyclic) bond motifs is 2. The minimum absolute atomic E-state index is 0.209. The molecule has 1 aromatic rings. The largest absolute Gasteiger partial charge is 0.393 e. The van der Waals surface area contributed by atoms with E-state index in [-0.39, 0.29) is 6.10 Å². The van der Waals surface area contributed by atoms with Crippen LogP contribution in [0.15, 0.2) is 0 Å². The number of hydrogen-bond acceptors (Lipinski definition) is 5. The van der Waals surface area contributed by atoms with Gasteiger partial charge in [-0.15, -0.1) is 5.10 Å². The first-order valence-corrected chi connectivity index (χ1v) is 6.82. The van der Waals surface area contributed by atoms with Crippen LogP contribution in [0.5, 0.6) is 0 Å². The van der Waals surface area contributed by atoms with Crippen molar-refractivity contribution in [1.29, 1.82) is 5.26 Å². The number of rotatable bonds is 1. The summed E-state index contributed by atoms with van der Waals surface area (Å²) in [6, 6.07) is 2.88. The summed E-state index contributed by atoms with van der Waals surface area (Å²) in [7, 11) is 0. The highest BCUT2D eigenvalue weighted by atomic mass is 16.3. The van der Waals surface area contributed by atoms with Crippen LogP contribution in [0.1, 0.15) is 42.5 Å². The van der Waals surface area contributed by atoms with Crippen molar-refractivity contribution in [2.45, 2.75) is 57.7 Å². The van der Waals surface area contributed by atoms with E-state index in [4.69, 9.17) is 0 Å². The molecule has 19 heavy (non-hydrogen) atoms. The fourth-order valence-electron chi connectivity index (χ4n) is 3.40. The maximum Gasteiger partial charge on any atom is 0.170 e. The molecule has 0 aromatic carbocycles. The molecule has 100 valence electrons. The lowest BCUT2D eigenvalue weighted by molar-refractivity contribution is 0.126. The van der Waals surface area contributed by atoms with Crippen molar-refractivity contribution in [2.24, 2.45) is 0 Å². The van der Waals surface area contributed by atoms with Gasteiger partial charge in [0.2, 0.25) is 0 Å². The van der Waals surface area contributed by atoms with Gasteiger partial charge in [0.25, 0.3) is 0 Å². The van der Waals surface area contributed by atoms with Gasteiger partial charge in [0.1, 0.15) is 11.6 Å². The standard InChI is InChI=1S/C14H18N4O/c1-8-9(2)16-17-14(13(8)7-15)18-10-3-4-11(18)6-12(19)5-10/h10-12,19H,3-6H2,1-2H3. The van der Waals surface area contributed by atoms with Crippen molar-refractivity contribution in [1.82, 2.24) is 10.2 Å². The lowest BCUT2D eigenvalue weighted by Gasteiger charge is -2.38. The molecule has 0 spiro atoms. The van der Waals surface area contributed by atoms with Gasteiger partial charge in [-0.3, -0.25) is 0 Å². The number of aliphatic hydroxyl groups excluding tert-OH is 1. The molecule has 0 aliphatic carbocycles. The smallest absolute Gasteiger partial charge is 0.170 e. The van der Waals surface area contributed by atoms with Crippen molar-refractivity contribution >= 4 is 5.82 Å². The van der Waals surface area contributed by atoms with Crippen LogP contribution in [0.25, 0.3) is 0 Å². The fraction of sp³-hybridized carbons (Fsp3) is 0.643. The normalized spacial score (nSPS) is 29.4. The number of piperidine rings is 1. The summed E-state index contributed by atoms with van der Waals surface area (Å²) in [4.78, 5) is 2.23. The van der Waals surface area contributed by atoms with Crippen LogP contribution in [-0.2, 0) is 0 Å². The molecular weight excluding hydrogens is 240 g/mol. The van der Waals surface area contributed by atoms with Crippen LogP contribution in [0.4, 0.5) is 5.82 Å². The van der Waals surface area contributed by atoms with E-state index in [1.807, 2.05) is 13.8 Å². The van der Waals surface area contributed by atoms with Crippen molar-refractivity contribution < 1.29 is 5.11 Å². The Morgan fingerprint density at radius 1 is 1.21 bits per heavy atom. The van der Waals surface area contributed by atoms with Crippen LogP contribution < -0.4 is 4.90 Å². The summed E-state index contributed by atoms with van der Waals surface area (Å²) in [6.45, 7) is 3.80. The molecule has 2 bridgehead atoms. The minimum Gasteiger partial charge on any atom is -0.393 e. The van der Waals surface area contributed by atoms with E-state index in [0.29, 0.717) is 23.5 Å². The van der Waals surface area contributed by atoms with E-state index in [1.165, 1.54) is 0 Å². The molecule has 0 amide bonds. The van der Waals surface area contributed by atoms with Gasteiger partial charge in [-0.2, -0.15) is 10.4 Å². The zero-order valence-electron chi connectivity index (χ0n) is 11.3. The molecule has 2 unspecified atom stereocenters. The van der Waals surface area contributed by atoms with Crippen molar-refractivity contribution in [3.8, 4) is 6.07 Å². The fourth-order valence-corrected chi connectivity index (χ4v) is 3.40. The second-order valence-electron chi connectivity index (χ2n) is 5.64. The number of hydrogen-bond donors (Lipinski definition) is 1. The Morgan fingerprint density at radius 3 is 2.42 bits per heavy atom. The van der Waals surface area contributed by atoms with E-state index >= 15 is 0 Å². The van der Waals surface area contributed by atoms with Gasteiger partial charge in [-0.05, 0) is 45.1 Å². The molecule has 0 radical (unpaired) electrons. The topological polar surface area (TPSA) is 73.0 Å². The monoisotopic (exact) mass is 258 g/mol. The summed E-state index contributed by atoms with van der Waals surface area (Å²) in [5.74, 6) is 0.713. The molecule has 0 saturated carbocycles. The molecule has 1 aromatic heterocycles. The van der Waals surface area contributed by atoms with Crippen LogP contribution in [0.2, 0.25) is 0 Å². The Morgan fingerprint density at radius 2 is 1.84 bits per heavy atom. The van der Waals surface area contributed by atoms with E-state index in [0.717, 1.165) is 36.9 Å². The maximum absolute atomic E-state index is 9.85. The first kappa shape index (κ1) is 12.4. The molecule has 5 nitrogen and oxygen atoms in total. The SMILES string of the molecule is Cc1nnc(N2C3CCC2CC(O)C3)c(C#N)c1C. The van der Waals surface area contributed by atoms with Crippen molar-refractivity contribution in [2.75, 3.05) is 4.90 Å². The van der Waals surface area contributed by atoms with Crippen LogP contribution in [0.3, 0.4) is 0 Å². The Kier molecular flexibility index (Phi) is 2.90. The number of aliphatic hydroxyl groups is 1. The summed E-state index contributed by atoms with van der Waals surface area (Å²) >= 11 is 0. The third-order valence-electron chi connectivity index (χ3n) is 4.50. The van der Waals surface area contributed by atoms with Gasteiger partial charge in [-0.25, -0.2) is 0 Å². The zero-order chi connectivity index (χ0) is 13.6. The summed E-state index contributed by atoms with van der Waals surface area (Å²) < 4.78 is 0. The van der Waals surface area contributed by atoms with E-state index in [1.54, 1.807) is 0 Å². The van der Waals surface area contributed by atoms with E-state index < -0.39 is 0 Å². The van der Waals surface area contributed by atoms with E-state index in [2.05, 4.69) is 21.2 Å². The minimum atomic E-state index is -0.209. The Hall–Kier alpha value is -1.67. The van der Waals surface area contributed by atoms with Gasteiger partial charge < -0.3 is 10.0 Å². The molecule has 3 heterocycles. The predicted octanol–water partition coefficient (Wildman–Crippen LogP) is 1.46. The molecule has 1 N–H and O–H groups in total. The molecule has 2 saturated heterocycles. The molecule has 2 aliphatic heterocycles. The number of aryl methyl sites for hydroxylation is 1. The predicted molar refractivity (Wildman–Crippen MR) is 70.8 cm³/mol. The highest BCUT2D eigenvalue weighted by Crippen LogP contribution is 2.40. The highest BCUT2D eigenvalue weighted by Gasteiger charge is 2.42. The molecule has 2 atom stereocenters. The average molecular weight is 258 g/mol. The van der Waals surface area contributed by atoms with Gasteiger partial charge >= 0.3 is 0 Å². The number of nitriles is 1. The third kappa shape index (κ3) is 1.87. The average Bonchev–Trinajstić information content (AvgIpc) is 2.65. The molecular formula is C14H18N4O. The van der Waals surface area contributed by atoms with Gasteiger partial charge in [-0.1, -0.05) is 0 Å². The molecule has 5 heteroatoms. The van der Waals surface area contributed by atoms with Gasteiger partial charge in [0.05, 0.1) is 11.8 Å².